The third kappa shape index (κ3) is 6.62. The van der Waals surface area contributed by atoms with E-state index in [0.717, 1.165) is 31.1 Å². The molecule has 0 atom stereocenters. The predicted molar refractivity (Wildman–Crippen MR) is 112 cm³/mol. The molecule has 1 fully saturated rings. The number of aliphatic imine (C=N–C) groups is 1. The maximum Gasteiger partial charge on any atom is 0.218 e. The first-order valence-corrected chi connectivity index (χ1v) is 8.73. The fourth-order valence-electron chi connectivity index (χ4n) is 3.01. The van der Waals surface area contributed by atoms with Gasteiger partial charge in [0.25, 0.3) is 0 Å². The van der Waals surface area contributed by atoms with Crippen LogP contribution < -0.4 is 15.4 Å². The number of nitrogens with one attached hydrogen (secondary N) is 2. The Morgan fingerprint density at radius 3 is 2.76 bits per heavy atom. The quantitative estimate of drug-likeness (QED) is 0.336. The average Bonchev–Trinajstić information content (AvgIpc) is 2.57. The molecular formula is C18H31IN4O2. The van der Waals surface area contributed by atoms with Crippen LogP contribution in [-0.4, -0.2) is 44.9 Å². The van der Waals surface area contributed by atoms with Crippen molar-refractivity contribution < 1.29 is 9.47 Å². The summed E-state index contributed by atoms with van der Waals surface area (Å²) in [4.78, 5) is 8.60. The largest absolute Gasteiger partial charge is 0.478 e. The van der Waals surface area contributed by atoms with E-state index in [1.807, 2.05) is 19.1 Å². The van der Waals surface area contributed by atoms with E-state index in [-0.39, 0.29) is 24.0 Å². The van der Waals surface area contributed by atoms with Crippen molar-refractivity contribution in [2.45, 2.75) is 39.2 Å². The molecule has 0 saturated heterocycles. The molecule has 0 unspecified atom stereocenters. The highest BCUT2D eigenvalue weighted by Gasteiger charge is 2.36. The lowest BCUT2D eigenvalue weighted by Gasteiger charge is -2.42. The zero-order chi connectivity index (χ0) is 17.3. The summed E-state index contributed by atoms with van der Waals surface area (Å²) in [5.41, 5.74) is 1.39. The summed E-state index contributed by atoms with van der Waals surface area (Å²) < 4.78 is 10.8. The third-order valence-corrected chi connectivity index (χ3v) is 4.68. The summed E-state index contributed by atoms with van der Waals surface area (Å²) in [6.45, 7) is 4.96. The molecule has 0 amide bonds. The normalized spacial score (nSPS) is 15.7. The molecule has 7 heteroatoms. The number of ether oxygens (including phenoxy) is 2. The van der Waals surface area contributed by atoms with Crippen LogP contribution in [0.25, 0.3) is 0 Å². The van der Waals surface area contributed by atoms with Crippen molar-refractivity contribution in [2.24, 2.45) is 10.4 Å². The minimum atomic E-state index is 0. The minimum Gasteiger partial charge on any atom is -0.478 e. The summed E-state index contributed by atoms with van der Waals surface area (Å²) in [5.74, 6) is 1.49. The van der Waals surface area contributed by atoms with Gasteiger partial charge in [-0.3, -0.25) is 4.99 Å². The summed E-state index contributed by atoms with van der Waals surface area (Å²) >= 11 is 0. The van der Waals surface area contributed by atoms with Crippen LogP contribution in [0.15, 0.2) is 23.3 Å². The highest BCUT2D eigenvalue weighted by atomic mass is 127. The van der Waals surface area contributed by atoms with E-state index in [4.69, 9.17) is 9.47 Å². The molecule has 142 valence electrons. The van der Waals surface area contributed by atoms with Gasteiger partial charge in [-0.15, -0.1) is 24.0 Å². The number of pyridine rings is 1. The van der Waals surface area contributed by atoms with Crippen LogP contribution in [-0.2, 0) is 11.3 Å². The number of hydrogen-bond acceptors (Lipinski definition) is 4. The van der Waals surface area contributed by atoms with Gasteiger partial charge in [0.15, 0.2) is 5.96 Å². The van der Waals surface area contributed by atoms with Crippen molar-refractivity contribution in [3.8, 4) is 5.88 Å². The van der Waals surface area contributed by atoms with Crippen molar-refractivity contribution in [1.82, 2.24) is 15.6 Å². The topological polar surface area (TPSA) is 67.8 Å². The highest BCUT2D eigenvalue weighted by Crippen LogP contribution is 2.43. The second-order valence-corrected chi connectivity index (χ2v) is 6.28. The molecule has 1 aliphatic carbocycles. The molecular weight excluding hydrogens is 431 g/mol. The molecule has 0 aromatic carbocycles. The Kier molecular flexibility index (Phi) is 10.1. The number of aromatic nitrogens is 1. The number of hydrogen-bond donors (Lipinski definition) is 2. The number of guanidine groups is 1. The highest BCUT2D eigenvalue weighted by molar-refractivity contribution is 14.0. The fourth-order valence-corrected chi connectivity index (χ4v) is 3.01. The number of rotatable bonds is 9. The molecule has 0 aliphatic heterocycles. The third-order valence-electron chi connectivity index (χ3n) is 4.68. The van der Waals surface area contributed by atoms with E-state index < -0.39 is 0 Å². The average molecular weight is 462 g/mol. The van der Waals surface area contributed by atoms with Crippen LogP contribution >= 0.6 is 24.0 Å². The molecule has 1 aliphatic rings. The SMILES string of the molecule is CCOc1ncccc1CNC(=NC)NCC1(CCOC)CCC1.I. The molecule has 1 heterocycles. The van der Waals surface area contributed by atoms with Gasteiger partial charge < -0.3 is 20.1 Å². The van der Waals surface area contributed by atoms with Crippen LogP contribution in [0, 0.1) is 5.41 Å². The molecule has 2 N–H and O–H groups in total. The number of halogens is 1. The van der Waals surface area contributed by atoms with Gasteiger partial charge in [0.2, 0.25) is 5.88 Å². The Morgan fingerprint density at radius 2 is 2.16 bits per heavy atom. The fraction of sp³-hybridized carbons (Fsp3) is 0.667. The van der Waals surface area contributed by atoms with E-state index >= 15 is 0 Å². The van der Waals surface area contributed by atoms with Gasteiger partial charge >= 0.3 is 0 Å². The monoisotopic (exact) mass is 462 g/mol. The Balaban J connectivity index is 0.00000312. The number of nitrogens with zero attached hydrogens (tertiary/aromatic N) is 2. The Morgan fingerprint density at radius 1 is 1.36 bits per heavy atom. The minimum absolute atomic E-state index is 0. The van der Waals surface area contributed by atoms with Crippen molar-refractivity contribution in [3.05, 3.63) is 23.9 Å². The van der Waals surface area contributed by atoms with E-state index in [2.05, 4.69) is 20.6 Å². The van der Waals surface area contributed by atoms with Crippen LogP contribution in [0.1, 0.15) is 38.2 Å². The second kappa shape index (κ2) is 11.5. The molecule has 6 nitrogen and oxygen atoms in total. The standard InChI is InChI=1S/C18H30N4O2.HI/c1-4-24-16-15(7-5-11-20-16)13-21-17(19-2)22-14-18(8-6-9-18)10-12-23-3;/h5,7,11H,4,6,8-10,12-14H2,1-3H3,(H2,19,21,22);1H. The van der Waals surface area contributed by atoms with E-state index in [9.17, 15) is 0 Å². The molecule has 1 aromatic rings. The van der Waals surface area contributed by atoms with Gasteiger partial charge in [-0.1, -0.05) is 12.5 Å². The first kappa shape index (κ1) is 22.0. The van der Waals surface area contributed by atoms with Gasteiger partial charge in [0.05, 0.1) is 6.61 Å². The lowest BCUT2D eigenvalue weighted by Crippen LogP contribution is -2.46. The summed E-state index contributed by atoms with van der Waals surface area (Å²) in [6.07, 6.45) is 6.68. The molecule has 25 heavy (non-hydrogen) atoms. The summed E-state index contributed by atoms with van der Waals surface area (Å²) in [5, 5.41) is 6.81. The van der Waals surface area contributed by atoms with Gasteiger partial charge in [-0.2, -0.15) is 0 Å². The zero-order valence-electron chi connectivity index (χ0n) is 15.5. The van der Waals surface area contributed by atoms with Crippen LogP contribution in [0.2, 0.25) is 0 Å². The van der Waals surface area contributed by atoms with Crippen LogP contribution in [0.3, 0.4) is 0 Å². The Labute approximate surface area is 168 Å². The number of methoxy groups -OCH3 is 1. The second-order valence-electron chi connectivity index (χ2n) is 6.28. The van der Waals surface area contributed by atoms with Crippen molar-refractivity contribution in [2.75, 3.05) is 33.9 Å². The van der Waals surface area contributed by atoms with Crippen LogP contribution in [0.5, 0.6) is 5.88 Å². The Hall–Kier alpha value is -1.09. The maximum atomic E-state index is 5.56. The lowest BCUT2D eigenvalue weighted by atomic mass is 9.67. The van der Waals surface area contributed by atoms with Crippen molar-refractivity contribution >= 4 is 29.9 Å². The molecule has 0 radical (unpaired) electrons. The molecule has 1 aromatic heterocycles. The van der Waals surface area contributed by atoms with E-state index in [1.165, 1.54) is 19.3 Å². The maximum absolute atomic E-state index is 5.56. The van der Waals surface area contributed by atoms with Crippen molar-refractivity contribution in [3.63, 3.8) is 0 Å². The first-order valence-electron chi connectivity index (χ1n) is 8.73. The van der Waals surface area contributed by atoms with Gasteiger partial charge in [0, 0.05) is 45.6 Å². The van der Waals surface area contributed by atoms with E-state index in [0.29, 0.717) is 24.4 Å². The predicted octanol–water partition coefficient (Wildman–Crippen LogP) is 2.97. The summed E-state index contributed by atoms with van der Waals surface area (Å²) in [6, 6.07) is 3.94. The van der Waals surface area contributed by atoms with Crippen LogP contribution in [0.4, 0.5) is 0 Å². The molecule has 0 bridgehead atoms. The molecule has 0 spiro atoms. The van der Waals surface area contributed by atoms with Gasteiger partial charge in [0.1, 0.15) is 0 Å². The lowest BCUT2D eigenvalue weighted by molar-refractivity contribution is 0.0732. The summed E-state index contributed by atoms with van der Waals surface area (Å²) in [7, 11) is 3.56. The van der Waals surface area contributed by atoms with E-state index in [1.54, 1.807) is 20.4 Å². The van der Waals surface area contributed by atoms with Gasteiger partial charge in [-0.25, -0.2) is 4.98 Å². The molecule has 1 saturated carbocycles. The van der Waals surface area contributed by atoms with Crippen molar-refractivity contribution in [1.29, 1.82) is 0 Å². The van der Waals surface area contributed by atoms with Gasteiger partial charge in [-0.05, 0) is 37.7 Å². The first-order chi connectivity index (χ1) is 11.7. The smallest absolute Gasteiger partial charge is 0.218 e. The molecule has 2 rings (SSSR count). The Bertz CT molecular complexity index is 536. The zero-order valence-corrected chi connectivity index (χ0v) is 17.8.